The van der Waals surface area contributed by atoms with E-state index in [0.29, 0.717) is 5.75 Å². The van der Waals surface area contributed by atoms with Crippen LogP contribution in [0.25, 0.3) is 0 Å². The van der Waals surface area contributed by atoms with E-state index in [0.717, 1.165) is 10.6 Å². The Bertz CT molecular complexity index is 906. The van der Waals surface area contributed by atoms with Gasteiger partial charge in [0.25, 0.3) is 5.56 Å². The van der Waals surface area contributed by atoms with Crippen LogP contribution >= 0.6 is 0 Å². The summed E-state index contributed by atoms with van der Waals surface area (Å²) in [5.41, 5.74) is -1.17. The molecule has 1 aromatic heterocycles. The first-order valence-electron chi connectivity index (χ1n) is 7.88. The molecule has 0 saturated carbocycles. The highest BCUT2D eigenvalue weighted by molar-refractivity contribution is 5.99. The number of aromatic amines is 1. The lowest BCUT2D eigenvalue weighted by atomic mass is 9.99. The van der Waals surface area contributed by atoms with E-state index < -0.39 is 41.6 Å². The molecule has 1 aliphatic heterocycles. The van der Waals surface area contributed by atoms with E-state index in [1.54, 1.807) is 12.1 Å². The molecule has 1 fully saturated rings. The van der Waals surface area contributed by atoms with Gasteiger partial charge in [-0.05, 0) is 24.3 Å². The summed E-state index contributed by atoms with van der Waals surface area (Å²) in [4.78, 5) is 37.3. The van der Waals surface area contributed by atoms with Gasteiger partial charge in [0.1, 0.15) is 30.4 Å². The van der Waals surface area contributed by atoms with E-state index in [1.807, 2.05) is 4.98 Å². The van der Waals surface area contributed by atoms with Crippen LogP contribution < -0.4 is 16.0 Å². The van der Waals surface area contributed by atoms with Crippen molar-refractivity contribution in [2.24, 2.45) is 0 Å². The number of ether oxygens (including phenoxy) is 2. The van der Waals surface area contributed by atoms with Crippen molar-refractivity contribution in [1.82, 2.24) is 9.55 Å². The van der Waals surface area contributed by atoms with Crippen molar-refractivity contribution in [2.75, 3.05) is 7.11 Å². The molecule has 0 spiro atoms. The number of methoxy groups -OCH3 is 1. The number of benzene rings is 1. The highest BCUT2D eigenvalue weighted by Gasteiger charge is 2.43. The third-order valence-electron chi connectivity index (χ3n) is 4.21. The minimum Gasteiger partial charge on any atom is -0.497 e. The molecule has 3 rings (SSSR count). The van der Waals surface area contributed by atoms with Crippen LogP contribution in [0.1, 0.15) is 23.0 Å². The normalized spacial score (nSPS) is 23.6. The minimum absolute atomic E-state index is 0.179. The largest absolute Gasteiger partial charge is 0.497 e. The number of halogens is 1. The van der Waals surface area contributed by atoms with Crippen molar-refractivity contribution in [3.05, 3.63) is 62.9 Å². The second-order valence-corrected chi connectivity index (χ2v) is 5.86. The van der Waals surface area contributed by atoms with Gasteiger partial charge in [0.15, 0.2) is 5.78 Å². The number of hydrogen-bond acceptors (Lipinski definition) is 6. The Kier molecular flexibility index (Phi) is 5.01. The molecule has 1 saturated heterocycles. The van der Waals surface area contributed by atoms with Crippen LogP contribution in [0.2, 0.25) is 0 Å². The summed E-state index contributed by atoms with van der Waals surface area (Å²) in [5, 5.41) is 10.3. The highest BCUT2D eigenvalue weighted by Crippen LogP contribution is 2.32. The zero-order valence-corrected chi connectivity index (χ0v) is 13.8. The molecule has 0 radical (unpaired) electrons. The number of nitrogens with one attached hydrogen (secondary N) is 1. The van der Waals surface area contributed by atoms with Gasteiger partial charge in [-0.2, -0.15) is 0 Å². The Morgan fingerprint density at radius 2 is 2.04 bits per heavy atom. The fraction of sp³-hybridized carbons (Fsp3) is 0.353. The van der Waals surface area contributed by atoms with E-state index in [4.69, 9.17) is 9.47 Å². The Hall–Kier alpha value is -2.78. The number of rotatable bonds is 5. The number of alkyl halides is 1. The molecule has 0 bridgehead atoms. The van der Waals surface area contributed by atoms with Crippen molar-refractivity contribution < 1.29 is 23.8 Å². The molecule has 2 N–H and O–H groups in total. The fourth-order valence-electron chi connectivity index (χ4n) is 2.83. The van der Waals surface area contributed by atoms with E-state index in [2.05, 4.69) is 0 Å². The first kappa shape index (κ1) is 18.0. The van der Waals surface area contributed by atoms with Crippen molar-refractivity contribution in [3.8, 4) is 5.75 Å². The zero-order chi connectivity index (χ0) is 18.8. The molecule has 26 heavy (non-hydrogen) atoms. The summed E-state index contributed by atoms with van der Waals surface area (Å²) < 4.78 is 25.7. The molecule has 0 amide bonds. The summed E-state index contributed by atoms with van der Waals surface area (Å²) in [6.45, 7) is 0. The van der Waals surface area contributed by atoms with Crippen LogP contribution in [-0.4, -0.2) is 45.9 Å². The summed E-state index contributed by atoms with van der Waals surface area (Å²) in [6, 6.07) is 7.10. The minimum atomic E-state index is -1.73. The molecule has 0 aliphatic carbocycles. The predicted molar refractivity (Wildman–Crippen MR) is 88.1 cm³/mol. The number of Topliss-reactive ketones (excluding diaryl/α,β-unsaturated/α-hetero) is 1. The molecule has 9 heteroatoms. The van der Waals surface area contributed by atoms with Crippen molar-refractivity contribution in [1.29, 1.82) is 0 Å². The summed E-state index contributed by atoms with van der Waals surface area (Å²) in [5.74, 6) is -0.163. The molecule has 2 heterocycles. The maximum absolute atomic E-state index is 14.3. The molecular formula is C17H17FN2O6. The van der Waals surface area contributed by atoms with Crippen LogP contribution in [0.3, 0.4) is 0 Å². The van der Waals surface area contributed by atoms with Crippen LogP contribution in [0.15, 0.2) is 46.1 Å². The molecule has 1 aliphatic rings. The van der Waals surface area contributed by atoms with Gasteiger partial charge in [0.05, 0.1) is 7.11 Å². The van der Waals surface area contributed by atoms with Gasteiger partial charge in [-0.3, -0.25) is 19.1 Å². The lowest BCUT2D eigenvalue weighted by Gasteiger charge is -2.20. The van der Waals surface area contributed by atoms with Crippen LogP contribution in [0, 0.1) is 0 Å². The maximum Gasteiger partial charge on any atom is 0.330 e. The standard InChI is InChI=1S/C17H17FN2O6/c1-25-10-4-2-9(3-5-10)14(22)15(23)16-11(18)8-13(26-16)20-7-6-12(21)19-17(20)24/h2-7,11,13,15-16,23H,8H2,1H3,(H,19,21,24)/t11?,13-,15?,16+/m1/s1. The van der Waals surface area contributed by atoms with Gasteiger partial charge in [-0.1, -0.05) is 0 Å². The average Bonchev–Trinajstić information content (AvgIpc) is 3.02. The quantitative estimate of drug-likeness (QED) is 0.744. The first-order valence-corrected chi connectivity index (χ1v) is 7.88. The molecular weight excluding hydrogens is 347 g/mol. The number of H-pyrrole nitrogens is 1. The number of nitrogens with zero attached hydrogens (tertiary/aromatic N) is 1. The molecule has 8 nitrogen and oxygen atoms in total. The number of aliphatic hydroxyl groups excluding tert-OH is 1. The smallest absolute Gasteiger partial charge is 0.330 e. The Morgan fingerprint density at radius 3 is 2.65 bits per heavy atom. The fourth-order valence-corrected chi connectivity index (χ4v) is 2.83. The second-order valence-electron chi connectivity index (χ2n) is 5.86. The lowest BCUT2D eigenvalue weighted by Crippen LogP contribution is -2.39. The third-order valence-corrected chi connectivity index (χ3v) is 4.21. The maximum atomic E-state index is 14.3. The van der Waals surface area contributed by atoms with Gasteiger partial charge in [0, 0.05) is 24.2 Å². The second kappa shape index (κ2) is 7.22. The van der Waals surface area contributed by atoms with Gasteiger partial charge in [-0.25, -0.2) is 9.18 Å². The van der Waals surface area contributed by atoms with E-state index >= 15 is 0 Å². The lowest BCUT2D eigenvalue weighted by molar-refractivity contribution is -0.0616. The molecule has 2 unspecified atom stereocenters. The van der Waals surface area contributed by atoms with Gasteiger partial charge < -0.3 is 14.6 Å². The number of carbonyl (C=O) groups is 1. The number of ketones is 1. The Morgan fingerprint density at radius 1 is 1.35 bits per heavy atom. The van der Waals surface area contributed by atoms with Gasteiger partial charge >= 0.3 is 5.69 Å². The summed E-state index contributed by atoms with van der Waals surface area (Å²) in [6.07, 6.45) is -4.90. The van der Waals surface area contributed by atoms with Crippen LogP contribution in [-0.2, 0) is 4.74 Å². The number of aliphatic hydroxyl groups is 1. The average molecular weight is 364 g/mol. The van der Waals surface area contributed by atoms with Crippen molar-refractivity contribution >= 4 is 5.78 Å². The van der Waals surface area contributed by atoms with Gasteiger partial charge in [-0.15, -0.1) is 0 Å². The van der Waals surface area contributed by atoms with Gasteiger partial charge in [0.2, 0.25) is 0 Å². The molecule has 4 atom stereocenters. The van der Waals surface area contributed by atoms with E-state index in [-0.39, 0.29) is 12.0 Å². The van der Waals surface area contributed by atoms with E-state index in [9.17, 15) is 23.9 Å². The predicted octanol–water partition coefficient (Wildman–Crippen LogP) is 0.415. The SMILES string of the molecule is COc1ccc(C(=O)C(O)[C@H]2O[C@@H](n3ccc(=O)[nH]c3=O)CC2F)cc1. The number of hydrogen-bond donors (Lipinski definition) is 2. The number of carbonyl (C=O) groups excluding carboxylic acids is 1. The van der Waals surface area contributed by atoms with Crippen LogP contribution in [0.5, 0.6) is 5.75 Å². The molecule has 2 aromatic rings. The highest BCUT2D eigenvalue weighted by atomic mass is 19.1. The Balaban J connectivity index is 1.77. The van der Waals surface area contributed by atoms with Crippen LogP contribution in [0.4, 0.5) is 4.39 Å². The van der Waals surface area contributed by atoms with Crippen molar-refractivity contribution in [2.45, 2.75) is 31.0 Å². The monoisotopic (exact) mass is 364 g/mol. The van der Waals surface area contributed by atoms with E-state index in [1.165, 1.54) is 25.4 Å². The van der Waals surface area contributed by atoms with Crippen molar-refractivity contribution in [3.63, 3.8) is 0 Å². The molecule has 138 valence electrons. The Labute approximate surface area is 146 Å². The summed E-state index contributed by atoms with van der Waals surface area (Å²) in [7, 11) is 1.48. The topological polar surface area (TPSA) is 111 Å². The first-order chi connectivity index (χ1) is 12.4. The zero-order valence-electron chi connectivity index (χ0n) is 13.8. The summed E-state index contributed by atoms with van der Waals surface area (Å²) >= 11 is 0. The number of aromatic nitrogens is 2. The molecule has 1 aromatic carbocycles. The third kappa shape index (κ3) is 3.44.